The van der Waals surface area contributed by atoms with Crippen LogP contribution in [0.15, 0.2) is 23.2 Å². The molecule has 0 radical (unpaired) electrons. The van der Waals surface area contributed by atoms with Crippen LogP contribution < -0.4 is 9.47 Å². The van der Waals surface area contributed by atoms with Crippen LogP contribution in [0.25, 0.3) is 0 Å². The highest BCUT2D eigenvalue weighted by atomic mass is 16.5. The Kier molecular flexibility index (Phi) is 4.99. The molecule has 5 heteroatoms. The number of methoxy groups -OCH3 is 1. The van der Waals surface area contributed by atoms with E-state index in [9.17, 15) is 4.79 Å². The highest BCUT2D eigenvalue weighted by Crippen LogP contribution is 2.48. The first-order valence-corrected chi connectivity index (χ1v) is 8.30. The number of isocyanates is 1. The monoisotopic (exact) mass is 317 g/mol. The summed E-state index contributed by atoms with van der Waals surface area (Å²) in [7, 11) is 1.64. The number of benzene rings is 1. The van der Waals surface area contributed by atoms with Gasteiger partial charge in [0.2, 0.25) is 6.08 Å². The molecule has 1 saturated heterocycles. The van der Waals surface area contributed by atoms with E-state index in [0.717, 1.165) is 63.1 Å². The summed E-state index contributed by atoms with van der Waals surface area (Å²) >= 11 is 0. The first-order chi connectivity index (χ1) is 11.3. The van der Waals surface area contributed by atoms with Crippen molar-refractivity contribution in [1.29, 1.82) is 0 Å². The summed E-state index contributed by atoms with van der Waals surface area (Å²) in [6, 6.07) is 5.86. The van der Waals surface area contributed by atoms with Gasteiger partial charge in [-0.25, -0.2) is 4.79 Å². The number of hydrogen-bond acceptors (Lipinski definition) is 5. The number of aliphatic imine (C=N–C) groups is 1. The van der Waals surface area contributed by atoms with Crippen molar-refractivity contribution in [3.63, 3.8) is 0 Å². The van der Waals surface area contributed by atoms with E-state index in [1.54, 1.807) is 13.2 Å². The van der Waals surface area contributed by atoms with Gasteiger partial charge in [-0.15, -0.1) is 0 Å². The minimum Gasteiger partial charge on any atom is -0.492 e. The zero-order valence-corrected chi connectivity index (χ0v) is 13.5. The number of hydrogen-bond donors (Lipinski definition) is 0. The third-order valence-corrected chi connectivity index (χ3v) is 4.84. The molecule has 0 spiro atoms. The van der Waals surface area contributed by atoms with E-state index >= 15 is 0 Å². The summed E-state index contributed by atoms with van der Waals surface area (Å²) in [5.74, 6) is 1.42. The molecule has 1 aromatic carbocycles. The maximum absolute atomic E-state index is 11.0. The molecular formula is C18H23NO4. The van der Waals surface area contributed by atoms with Gasteiger partial charge in [-0.2, -0.15) is 4.99 Å². The fourth-order valence-electron chi connectivity index (χ4n) is 3.65. The van der Waals surface area contributed by atoms with E-state index < -0.39 is 5.54 Å². The van der Waals surface area contributed by atoms with Crippen LogP contribution >= 0.6 is 0 Å². The van der Waals surface area contributed by atoms with Gasteiger partial charge >= 0.3 is 0 Å². The smallest absolute Gasteiger partial charge is 0.235 e. The Morgan fingerprint density at radius 2 is 2.00 bits per heavy atom. The van der Waals surface area contributed by atoms with Crippen molar-refractivity contribution in [1.82, 2.24) is 0 Å². The first kappa shape index (κ1) is 16.0. The molecule has 1 aliphatic carbocycles. The topological polar surface area (TPSA) is 57.1 Å². The molecule has 1 aliphatic heterocycles. The zero-order chi connectivity index (χ0) is 16.1. The summed E-state index contributed by atoms with van der Waals surface area (Å²) in [6.07, 6.45) is 7.47. The summed E-state index contributed by atoms with van der Waals surface area (Å²) in [4.78, 5) is 15.1. The number of rotatable bonds is 5. The lowest BCUT2D eigenvalue weighted by molar-refractivity contribution is 0.0244. The minimum atomic E-state index is -0.512. The molecule has 0 bridgehead atoms. The van der Waals surface area contributed by atoms with Crippen LogP contribution in [0.1, 0.15) is 44.1 Å². The first-order valence-electron chi connectivity index (χ1n) is 8.30. The van der Waals surface area contributed by atoms with Crippen LogP contribution in [-0.2, 0) is 15.1 Å². The fourth-order valence-corrected chi connectivity index (χ4v) is 3.65. The third kappa shape index (κ3) is 3.26. The van der Waals surface area contributed by atoms with Crippen molar-refractivity contribution >= 4 is 6.08 Å². The Labute approximate surface area is 136 Å². The van der Waals surface area contributed by atoms with E-state index in [1.165, 1.54) is 0 Å². The summed E-state index contributed by atoms with van der Waals surface area (Å²) in [5, 5.41) is 0. The van der Waals surface area contributed by atoms with E-state index in [0.29, 0.717) is 5.75 Å². The highest BCUT2D eigenvalue weighted by Gasteiger charge is 2.39. The number of para-hydroxylation sites is 1. The van der Waals surface area contributed by atoms with Crippen LogP contribution in [0.5, 0.6) is 11.5 Å². The number of carbonyl (C=O) groups excluding carboxylic acids is 1. The Morgan fingerprint density at radius 1 is 1.26 bits per heavy atom. The van der Waals surface area contributed by atoms with E-state index in [2.05, 4.69) is 4.99 Å². The Morgan fingerprint density at radius 3 is 2.65 bits per heavy atom. The number of ether oxygens (including phenoxy) is 3. The minimum absolute atomic E-state index is 0.141. The zero-order valence-electron chi connectivity index (χ0n) is 13.5. The van der Waals surface area contributed by atoms with Gasteiger partial charge in [-0.3, -0.25) is 0 Å². The lowest BCUT2D eigenvalue weighted by atomic mass is 9.88. The molecule has 23 heavy (non-hydrogen) atoms. The molecule has 0 aromatic heterocycles. The van der Waals surface area contributed by atoms with Gasteiger partial charge in [0, 0.05) is 18.4 Å². The van der Waals surface area contributed by atoms with Crippen LogP contribution in [0.2, 0.25) is 0 Å². The van der Waals surface area contributed by atoms with Crippen molar-refractivity contribution in [2.45, 2.75) is 50.2 Å². The maximum atomic E-state index is 11.0. The molecule has 1 saturated carbocycles. The molecule has 0 unspecified atom stereocenters. The molecule has 124 valence electrons. The molecule has 1 heterocycles. The fraction of sp³-hybridized carbons (Fsp3) is 0.611. The Hall–Kier alpha value is -1.84. The van der Waals surface area contributed by atoms with Crippen molar-refractivity contribution in [3.8, 4) is 11.5 Å². The van der Waals surface area contributed by atoms with Crippen LogP contribution in [0, 0.1) is 0 Å². The normalized spacial score (nSPS) is 20.7. The second kappa shape index (κ2) is 7.16. The van der Waals surface area contributed by atoms with Crippen LogP contribution in [0.3, 0.4) is 0 Å². The Bertz CT molecular complexity index is 583. The second-order valence-electron chi connectivity index (χ2n) is 6.21. The van der Waals surface area contributed by atoms with Gasteiger partial charge in [0.15, 0.2) is 11.5 Å². The molecule has 2 fully saturated rings. The van der Waals surface area contributed by atoms with E-state index in [4.69, 9.17) is 14.2 Å². The van der Waals surface area contributed by atoms with E-state index in [-0.39, 0.29) is 6.10 Å². The van der Waals surface area contributed by atoms with Gasteiger partial charge in [-0.1, -0.05) is 25.0 Å². The summed E-state index contributed by atoms with van der Waals surface area (Å²) in [6.45, 7) is 1.46. The largest absolute Gasteiger partial charge is 0.492 e. The SMILES string of the molecule is COc1c(OC2CCOCC2)cccc1C1(N=C=O)CCCC1. The van der Waals surface area contributed by atoms with Crippen molar-refractivity contribution in [3.05, 3.63) is 23.8 Å². The van der Waals surface area contributed by atoms with Crippen LogP contribution in [-0.4, -0.2) is 32.5 Å². The molecule has 3 rings (SSSR count). The van der Waals surface area contributed by atoms with Gasteiger partial charge in [0.05, 0.1) is 20.3 Å². The van der Waals surface area contributed by atoms with Crippen molar-refractivity contribution in [2.75, 3.05) is 20.3 Å². The van der Waals surface area contributed by atoms with Crippen LogP contribution in [0.4, 0.5) is 0 Å². The molecule has 0 atom stereocenters. The summed E-state index contributed by atoms with van der Waals surface area (Å²) < 4.78 is 17.2. The van der Waals surface area contributed by atoms with Crippen molar-refractivity contribution < 1.29 is 19.0 Å². The molecule has 0 amide bonds. The molecular weight excluding hydrogens is 294 g/mol. The van der Waals surface area contributed by atoms with Crippen molar-refractivity contribution in [2.24, 2.45) is 4.99 Å². The van der Waals surface area contributed by atoms with Gasteiger partial charge in [-0.05, 0) is 18.9 Å². The average Bonchev–Trinajstić information content (AvgIpc) is 3.06. The highest BCUT2D eigenvalue weighted by molar-refractivity contribution is 5.52. The molecule has 5 nitrogen and oxygen atoms in total. The number of nitrogens with zero attached hydrogens (tertiary/aromatic N) is 1. The predicted molar refractivity (Wildman–Crippen MR) is 85.7 cm³/mol. The lowest BCUT2D eigenvalue weighted by Gasteiger charge is -2.28. The van der Waals surface area contributed by atoms with Gasteiger partial charge < -0.3 is 14.2 Å². The van der Waals surface area contributed by atoms with E-state index in [1.807, 2.05) is 18.2 Å². The molecule has 0 N–H and O–H groups in total. The third-order valence-electron chi connectivity index (χ3n) is 4.84. The quantitative estimate of drug-likeness (QED) is 0.617. The van der Waals surface area contributed by atoms with Gasteiger partial charge in [0.25, 0.3) is 0 Å². The molecule has 2 aliphatic rings. The molecule has 1 aromatic rings. The maximum Gasteiger partial charge on any atom is 0.235 e. The van der Waals surface area contributed by atoms with Gasteiger partial charge in [0.1, 0.15) is 11.6 Å². The standard InChI is InChI=1S/C18H23NO4/c1-21-17-15(18(19-13-20)9-2-3-10-18)5-4-6-16(17)23-14-7-11-22-12-8-14/h4-6,14H,2-3,7-12H2,1H3. The predicted octanol–water partition coefficient (Wildman–Crippen LogP) is 3.36. The summed E-state index contributed by atoms with van der Waals surface area (Å²) in [5.41, 5.74) is 0.424. The average molecular weight is 317 g/mol. The second-order valence-corrected chi connectivity index (χ2v) is 6.21. The lowest BCUT2D eigenvalue weighted by Crippen LogP contribution is -2.26. The Balaban J connectivity index is 1.94.